The van der Waals surface area contributed by atoms with E-state index in [0.29, 0.717) is 12.4 Å². The number of sulfonamides is 1. The molecule has 2 rings (SSSR count). The third kappa shape index (κ3) is 3.20. The van der Waals surface area contributed by atoms with E-state index in [1.165, 1.54) is 11.3 Å². The number of aromatic nitrogens is 1. The van der Waals surface area contributed by atoms with E-state index in [9.17, 15) is 8.42 Å². The minimum atomic E-state index is -3.62. The number of aryl methyl sites for hydroxylation is 2. The Hall–Kier alpha value is -0.960. The Balaban J connectivity index is 2.32. The fourth-order valence-corrected chi connectivity index (χ4v) is 4.30. The molecule has 0 aliphatic carbocycles. The predicted molar refractivity (Wildman–Crippen MR) is 84.4 cm³/mol. The molecule has 0 spiro atoms. The van der Waals surface area contributed by atoms with E-state index in [4.69, 9.17) is 5.73 Å². The van der Waals surface area contributed by atoms with E-state index in [1.54, 1.807) is 25.1 Å². The number of thiophene rings is 1. The highest BCUT2D eigenvalue weighted by Crippen LogP contribution is 2.27. The normalized spacial score (nSPS) is 11.6. The molecule has 2 heterocycles. The summed E-state index contributed by atoms with van der Waals surface area (Å²) in [5.74, 6) is 0.297. The Morgan fingerprint density at radius 2 is 2.10 bits per heavy atom. The van der Waals surface area contributed by atoms with Crippen molar-refractivity contribution in [3.05, 3.63) is 38.8 Å². The van der Waals surface area contributed by atoms with Crippen LogP contribution in [0.15, 0.2) is 26.9 Å². The first kappa shape index (κ1) is 15.4. The van der Waals surface area contributed by atoms with Gasteiger partial charge < -0.3 is 5.73 Å². The molecule has 0 atom stereocenters. The van der Waals surface area contributed by atoms with Gasteiger partial charge >= 0.3 is 0 Å². The van der Waals surface area contributed by atoms with Crippen LogP contribution in [-0.2, 0) is 16.6 Å². The number of nitrogens with zero attached hydrogens (tertiary/aromatic N) is 1. The number of anilines is 1. The predicted octanol–water partition coefficient (Wildman–Crippen LogP) is 2.78. The zero-order chi connectivity index (χ0) is 14.9. The number of hydrogen-bond donors (Lipinski definition) is 2. The number of hydrogen-bond acceptors (Lipinski definition) is 5. The molecule has 2 aromatic rings. The lowest BCUT2D eigenvalue weighted by atomic mass is 10.3. The van der Waals surface area contributed by atoms with Gasteiger partial charge in [-0.1, -0.05) is 0 Å². The number of rotatable bonds is 4. The van der Waals surface area contributed by atoms with Gasteiger partial charge in [0.2, 0.25) is 0 Å². The number of pyridine rings is 1. The standard InChI is InChI=1S/C12H14BrN3O2S2/c1-7-5-12(19-10(7)6-14)20(17,18)16-11-4-3-9(13)8(2)15-11/h3-5H,6,14H2,1-2H3,(H,15,16). The molecule has 108 valence electrons. The average molecular weight is 376 g/mol. The molecule has 0 radical (unpaired) electrons. The maximum atomic E-state index is 12.3. The van der Waals surface area contributed by atoms with Crippen LogP contribution in [-0.4, -0.2) is 13.4 Å². The van der Waals surface area contributed by atoms with Crippen molar-refractivity contribution >= 4 is 43.1 Å². The first-order valence-electron chi connectivity index (χ1n) is 5.79. The Bertz CT molecular complexity index is 741. The molecule has 20 heavy (non-hydrogen) atoms. The summed E-state index contributed by atoms with van der Waals surface area (Å²) in [5, 5.41) is 0. The van der Waals surface area contributed by atoms with E-state index in [2.05, 4.69) is 25.6 Å². The SMILES string of the molecule is Cc1cc(S(=O)(=O)Nc2ccc(Br)c(C)n2)sc1CN. The molecule has 0 bridgehead atoms. The monoisotopic (exact) mass is 375 g/mol. The highest BCUT2D eigenvalue weighted by Gasteiger charge is 2.19. The second-order valence-corrected chi connectivity index (χ2v) is 8.15. The van der Waals surface area contributed by atoms with E-state index in [0.717, 1.165) is 20.6 Å². The smallest absolute Gasteiger partial charge is 0.272 e. The first-order valence-corrected chi connectivity index (χ1v) is 8.88. The number of halogens is 1. The lowest BCUT2D eigenvalue weighted by molar-refractivity contribution is 0.603. The second kappa shape index (κ2) is 5.80. The minimum Gasteiger partial charge on any atom is -0.326 e. The van der Waals surface area contributed by atoms with E-state index < -0.39 is 10.0 Å². The van der Waals surface area contributed by atoms with Gasteiger partial charge in [0.1, 0.15) is 10.0 Å². The highest BCUT2D eigenvalue weighted by atomic mass is 79.9. The summed E-state index contributed by atoms with van der Waals surface area (Å²) in [6.07, 6.45) is 0. The molecule has 0 unspecified atom stereocenters. The Morgan fingerprint density at radius 3 is 2.65 bits per heavy atom. The van der Waals surface area contributed by atoms with Crippen LogP contribution in [0.25, 0.3) is 0 Å². The highest BCUT2D eigenvalue weighted by molar-refractivity contribution is 9.10. The third-order valence-electron chi connectivity index (χ3n) is 2.71. The van der Waals surface area contributed by atoms with Crippen molar-refractivity contribution in [1.82, 2.24) is 4.98 Å². The van der Waals surface area contributed by atoms with Gasteiger partial charge in [-0.3, -0.25) is 4.72 Å². The van der Waals surface area contributed by atoms with Gasteiger partial charge in [-0.05, 0) is 53.5 Å². The maximum Gasteiger partial charge on any atom is 0.272 e. The second-order valence-electron chi connectivity index (χ2n) is 4.24. The fourth-order valence-electron chi connectivity index (χ4n) is 1.61. The molecule has 8 heteroatoms. The van der Waals surface area contributed by atoms with Gasteiger partial charge in [-0.15, -0.1) is 11.3 Å². The van der Waals surface area contributed by atoms with E-state index in [1.807, 2.05) is 6.92 Å². The van der Waals surface area contributed by atoms with E-state index >= 15 is 0 Å². The van der Waals surface area contributed by atoms with Gasteiger partial charge in [0.25, 0.3) is 10.0 Å². The van der Waals surface area contributed by atoms with Crippen LogP contribution < -0.4 is 10.5 Å². The zero-order valence-electron chi connectivity index (χ0n) is 11.0. The van der Waals surface area contributed by atoms with Gasteiger partial charge in [0.05, 0.1) is 5.69 Å². The van der Waals surface area contributed by atoms with Crippen molar-refractivity contribution in [2.24, 2.45) is 5.73 Å². The van der Waals surface area contributed by atoms with Gasteiger partial charge in [-0.2, -0.15) is 0 Å². The van der Waals surface area contributed by atoms with E-state index in [-0.39, 0.29) is 4.21 Å². The van der Waals surface area contributed by atoms with Crippen LogP contribution >= 0.6 is 27.3 Å². The number of nitrogens with two attached hydrogens (primary N) is 1. The molecule has 5 nitrogen and oxygen atoms in total. The van der Waals surface area contributed by atoms with Gasteiger partial charge in [-0.25, -0.2) is 13.4 Å². The van der Waals surface area contributed by atoms with Crippen LogP contribution in [0, 0.1) is 13.8 Å². The molecule has 0 aliphatic rings. The van der Waals surface area contributed by atoms with Gasteiger partial charge in [0.15, 0.2) is 0 Å². The molecular weight excluding hydrogens is 362 g/mol. The quantitative estimate of drug-likeness (QED) is 0.859. The van der Waals surface area contributed by atoms with Gasteiger partial charge in [0, 0.05) is 15.9 Å². The summed E-state index contributed by atoms with van der Waals surface area (Å²) in [5.41, 5.74) is 7.18. The van der Waals surface area contributed by atoms with Crippen molar-refractivity contribution in [3.8, 4) is 0 Å². The maximum absolute atomic E-state index is 12.3. The minimum absolute atomic E-state index is 0.248. The van der Waals surface area contributed by atoms with Crippen LogP contribution in [0.4, 0.5) is 5.82 Å². The summed E-state index contributed by atoms with van der Waals surface area (Å²) in [7, 11) is -3.62. The van der Waals surface area contributed by atoms with Crippen LogP contribution in [0.5, 0.6) is 0 Å². The first-order chi connectivity index (χ1) is 9.33. The largest absolute Gasteiger partial charge is 0.326 e. The van der Waals surface area contributed by atoms with Crippen LogP contribution in [0.3, 0.4) is 0 Å². The topological polar surface area (TPSA) is 85.1 Å². The molecular formula is C12H14BrN3O2S2. The molecule has 2 aromatic heterocycles. The molecule has 0 amide bonds. The molecule has 0 aliphatic heterocycles. The summed E-state index contributed by atoms with van der Waals surface area (Å²) < 4.78 is 28.1. The van der Waals surface area contributed by atoms with Crippen LogP contribution in [0.2, 0.25) is 0 Å². The number of nitrogens with one attached hydrogen (secondary N) is 1. The fraction of sp³-hybridized carbons (Fsp3) is 0.250. The molecule has 0 aromatic carbocycles. The Kier molecular flexibility index (Phi) is 4.48. The van der Waals surface area contributed by atoms with Crippen molar-refractivity contribution in [2.45, 2.75) is 24.6 Å². The molecule has 0 saturated heterocycles. The third-order valence-corrected chi connectivity index (χ3v) is 6.63. The van der Waals surface area contributed by atoms with Crippen molar-refractivity contribution < 1.29 is 8.42 Å². The lowest BCUT2D eigenvalue weighted by Crippen LogP contribution is -2.12. The lowest BCUT2D eigenvalue weighted by Gasteiger charge is -2.06. The molecule has 3 N–H and O–H groups in total. The summed E-state index contributed by atoms with van der Waals surface area (Å²) in [6.45, 7) is 3.98. The average Bonchev–Trinajstić information content (AvgIpc) is 2.76. The van der Waals surface area contributed by atoms with Crippen LogP contribution in [0.1, 0.15) is 16.1 Å². The van der Waals surface area contributed by atoms with Crippen molar-refractivity contribution in [2.75, 3.05) is 4.72 Å². The summed E-state index contributed by atoms with van der Waals surface area (Å²) in [4.78, 5) is 5.04. The molecule has 0 fully saturated rings. The summed E-state index contributed by atoms with van der Waals surface area (Å²) >= 11 is 4.51. The zero-order valence-corrected chi connectivity index (χ0v) is 14.2. The van der Waals surface area contributed by atoms with Crippen molar-refractivity contribution in [1.29, 1.82) is 0 Å². The molecule has 0 saturated carbocycles. The Labute approximate surface area is 130 Å². The Morgan fingerprint density at radius 1 is 1.40 bits per heavy atom. The summed E-state index contributed by atoms with van der Waals surface area (Å²) in [6, 6.07) is 4.99. The van der Waals surface area contributed by atoms with Crippen molar-refractivity contribution in [3.63, 3.8) is 0 Å².